The van der Waals surface area contributed by atoms with Gasteiger partial charge >= 0.3 is 12.1 Å². The number of hydrogen-bond donors (Lipinski definition) is 2. The number of benzene rings is 1. The lowest BCUT2D eigenvalue weighted by Gasteiger charge is -2.35. The average Bonchev–Trinajstić information content (AvgIpc) is 2.56. The Morgan fingerprint density at radius 3 is 2.27 bits per heavy atom. The summed E-state index contributed by atoms with van der Waals surface area (Å²) in [6.07, 6.45) is -0.257. The summed E-state index contributed by atoms with van der Waals surface area (Å²) in [5.41, 5.74) is 1.46. The molecule has 1 fully saturated rings. The van der Waals surface area contributed by atoms with Crippen molar-refractivity contribution in [1.82, 2.24) is 15.1 Å². The first kappa shape index (κ1) is 20.0. The number of anilines is 1. The third-order valence-electron chi connectivity index (χ3n) is 4.05. The Bertz CT molecular complexity index is 602. The second-order valence-electron chi connectivity index (χ2n) is 7.56. The van der Waals surface area contributed by atoms with Gasteiger partial charge in [0.1, 0.15) is 5.60 Å². The minimum Gasteiger partial charge on any atom is -0.444 e. The molecule has 1 aromatic rings. The van der Waals surface area contributed by atoms with Crippen LogP contribution in [-0.4, -0.2) is 66.8 Å². The normalized spacial score (nSPS) is 15.5. The number of ether oxygens (including phenoxy) is 1. The Labute approximate surface area is 155 Å². The van der Waals surface area contributed by atoms with E-state index in [0.717, 1.165) is 30.9 Å². The molecule has 1 heterocycles. The van der Waals surface area contributed by atoms with Crippen molar-refractivity contribution in [2.45, 2.75) is 33.3 Å². The van der Waals surface area contributed by atoms with E-state index in [-0.39, 0.29) is 12.1 Å². The van der Waals surface area contributed by atoms with Gasteiger partial charge in [0.05, 0.1) is 0 Å². The lowest BCUT2D eigenvalue weighted by atomic mass is 10.2. The first-order chi connectivity index (χ1) is 12.2. The number of piperazine rings is 1. The topological polar surface area (TPSA) is 73.9 Å². The Morgan fingerprint density at radius 1 is 1.08 bits per heavy atom. The number of urea groups is 1. The molecule has 2 N–H and O–H groups in total. The van der Waals surface area contributed by atoms with E-state index in [1.54, 1.807) is 4.90 Å². The predicted octanol–water partition coefficient (Wildman–Crippen LogP) is 2.67. The minimum absolute atomic E-state index is 0.207. The van der Waals surface area contributed by atoms with E-state index in [1.165, 1.54) is 0 Å². The van der Waals surface area contributed by atoms with Crippen molar-refractivity contribution >= 4 is 17.8 Å². The summed E-state index contributed by atoms with van der Waals surface area (Å²) < 4.78 is 5.39. The third-order valence-corrected chi connectivity index (χ3v) is 4.05. The molecule has 0 atom stereocenters. The first-order valence-corrected chi connectivity index (χ1v) is 9.05. The molecule has 0 radical (unpaired) electrons. The molecule has 0 saturated carbocycles. The van der Waals surface area contributed by atoms with Gasteiger partial charge in [-0.1, -0.05) is 17.7 Å². The van der Waals surface area contributed by atoms with Crippen LogP contribution in [0.2, 0.25) is 0 Å². The zero-order valence-electron chi connectivity index (χ0n) is 16.2. The number of aryl methyl sites for hydroxylation is 1. The number of hydrogen-bond acceptors (Lipinski definition) is 4. The van der Waals surface area contributed by atoms with Gasteiger partial charge in [0.15, 0.2) is 0 Å². The highest BCUT2D eigenvalue weighted by atomic mass is 16.6. The Hall–Kier alpha value is -2.28. The SMILES string of the molecule is Cc1ccc(NC(=O)NCCN2CCN(C(=O)OC(C)(C)C)CC2)cc1. The van der Waals surface area contributed by atoms with Gasteiger partial charge in [-0.05, 0) is 39.8 Å². The molecule has 0 unspecified atom stereocenters. The second kappa shape index (κ2) is 8.89. The van der Waals surface area contributed by atoms with Gasteiger partial charge in [-0.15, -0.1) is 0 Å². The van der Waals surface area contributed by atoms with Gasteiger partial charge < -0.3 is 20.3 Å². The molecule has 0 aromatic heterocycles. The number of amides is 3. The monoisotopic (exact) mass is 362 g/mol. The molecular weight excluding hydrogens is 332 g/mol. The Balaban J connectivity index is 1.63. The largest absolute Gasteiger partial charge is 0.444 e. The summed E-state index contributed by atoms with van der Waals surface area (Å²) in [5.74, 6) is 0. The highest BCUT2D eigenvalue weighted by molar-refractivity contribution is 5.89. The molecule has 3 amide bonds. The van der Waals surface area contributed by atoms with Gasteiger partial charge in [-0.25, -0.2) is 9.59 Å². The van der Waals surface area contributed by atoms with Gasteiger partial charge in [0.2, 0.25) is 0 Å². The molecule has 1 aliphatic heterocycles. The summed E-state index contributed by atoms with van der Waals surface area (Å²) in [7, 11) is 0. The van der Waals surface area contributed by atoms with Crippen LogP contribution < -0.4 is 10.6 Å². The molecule has 0 spiro atoms. The zero-order valence-corrected chi connectivity index (χ0v) is 16.2. The van der Waals surface area contributed by atoms with E-state index < -0.39 is 5.60 Å². The number of rotatable bonds is 4. The van der Waals surface area contributed by atoms with Crippen molar-refractivity contribution in [3.63, 3.8) is 0 Å². The number of carbonyl (C=O) groups is 2. The van der Waals surface area contributed by atoms with Crippen LogP contribution in [0.1, 0.15) is 26.3 Å². The molecule has 26 heavy (non-hydrogen) atoms. The van der Waals surface area contributed by atoms with Crippen LogP contribution in [-0.2, 0) is 4.74 Å². The highest BCUT2D eigenvalue weighted by Crippen LogP contribution is 2.12. The van der Waals surface area contributed by atoms with Crippen LogP contribution >= 0.6 is 0 Å². The smallest absolute Gasteiger partial charge is 0.410 e. The van der Waals surface area contributed by atoms with E-state index >= 15 is 0 Å². The third kappa shape index (κ3) is 6.92. The van der Waals surface area contributed by atoms with Crippen molar-refractivity contribution in [3.8, 4) is 0 Å². The number of nitrogens with one attached hydrogen (secondary N) is 2. The van der Waals surface area contributed by atoms with Crippen molar-refractivity contribution < 1.29 is 14.3 Å². The molecule has 1 aromatic carbocycles. The fraction of sp³-hybridized carbons (Fsp3) is 0.579. The van der Waals surface area contributed by atoms with Crippen LogP contribution in [0.4, 0.5) is 15.3 Å². The summed E-state index contributed by atoms with van der Waals surface area (Å²) >= 11 is 0. The number of nitrogens with zero attached hydrogens (tertiary/aromatic N) is 2. The Morgan fingerprint density at radius 2 is 1.69 bits per heavy atom. The average molecular weight is 362 g/mol. The molecule has 7 heteroatoms. The summed E-state index contributed by atoms with van der Waals surface area (Å²) in [6.45, 7) is 11.8. The van der Waals surface area contributed by atoms with E-state index in [0.29, 0.717) is 19.6 Å². The van der Waals surface area contributed by atoms with Crippen LogP contribution in [0.15, 0.2) is 24.3 Å². The van der Waals surface area contributed by atoms with Crippen molar-refractivity contribution in [1.29, 1.82) is 0 Å². The molecule has 1 aliphatic rings. The van der Waals surface area contributed by atoms with Crippen molar-refractivity contribution in [2.75, 3.05) is 44.6 Å². The molecule has 1 saturated heterocycles. The number of carbonyl (C=O) groups excluding carboxylic acids is 2. The van der Waals surface area contributed by atoms with Crippen LogP contribution in [0, 0.1) is 6.92 Å². The lowest BCUT2D eigenvalue weighted by molar-refractivity contribution is 0.0147. The summed E-state index contributed by atoms with van der Waals surface area (Å²) in [6, 6.07) is 7.47. The fourth-order valence-corrected chi connectivity index (χ4v) is 2.62. The van der Waals surface area contributed by atoms with E-state index in [2.05, 4.69) is 15.5 Å². The summed E-state index contributed by atoms with van der Waals surface area (Å²) in [5, 5.41) is 5.67. The molecule has 144 valence electrons. The molecule has 0 aliphatic carbocycles. The maximum absolute atomic E-state index is 12.0. The van der Waals surface area contributed by atoms with Gasteiger partial charge in [-0.2, -0.15) is 0 Å². The van der Waals surface area contributed by atoms with Crippen molar-refractivity contribution in [2.24, 2.45) is 0 Å². The molecule has 0 bridgehead atoms. The molecule has 2 rings (SSSR count). The van der Waals surface area contributed by atoms with Gasteiger partial charge in [0, 0.05) is 45.0 Å². The quantitative estimate of drug-likeness (QED) is 0.864. The lowest BCUT2D eigenvalue weighted by Crippen LogP contribution is -2.51. The Kier molecular flexibility index (Phi) is 6.85. The van der Waals surface area contributed by atoms with Crippen LogP contribution in [0.3, 0.4) is 0 Å². The predicted molar refractivity (Wildman–Crippen MR) is 102 cm³/mol. The fourth-order valence-electron chi connectivity index (χ4n) is 2.62. The maximum atomic E-state index is 12.0. The van der Waals surface area contributed by atoms with E-state index in [4.69, 9.17) is 4.74 Å². The van der Waals surface area contributed by atoms with E-state index in [1.807, 2.05) is 52.0 Å². The standard InChI is InChI=1S/C19H30N4O3/c1-15-5-7-16(8-6-15)21-17(24)20-9-10-22-11-13-23(14-12-22)18(25)26-19(2,3)4/h5-8H,9-14H2,1-4H3,(H2,20,21,24). The molecular formula is C19H30N4O3. The molecule has 7 nitrogen and oxygen atoms in total. The maximum Gasteiger partial charge on any atom is 0.410 e. The highest BCUT2D eigenvalue weighted by Gasteiger charge is 2.25. The van der Waals surface area contributed by atoms with Crippen LogP contribution in [0.5, 0.6) is 0 Å². The zero-order chi connectivity index (χ0) is 19.2. The summed E-state index contributed by atoms with van der Waals surface area (Å²) in [4.78, 5) is 27.9. The first-order valence-electron chi connectivity index (χ1n) is 9.05. The second-order valence-corrected chi connectivity index (χ2v) is 7.56. The van der Waals surface area contributed by atoms with Gasteiger partial charge in [0.25, 0.3) is 0 Å². The van der Waals surface area contributed by atoms with Crippen molar-refractivity contribution in [3.05, 3.63) is 29.8 Å². The van der Waals surface area contributed by atoms with Gasteiger partial charge in [-0.3, -0.25) is 4.90 Å². The minimum atomic E-state index is -0.469. The van der Waals surface area contributed by atoms with E-state index in [9.17, 15) is 9.59 Å². The van der Waals surface area contributed by atoms with Crippen LogP contribution in [0.25, 0.3) is 0 Å².